The van der Waals surface area contributed by atoms with Gasteiger partial charge in [-0.2, -0.15) is 18.3 Å². The second-order valence-corrected chi connectivity index (χ2v) is 7.66. The molecule has 3 heterocycles. The van der Waals surface area contributed by atoms with E-state index in [0.717, 1.165) is 11.9 Å². The van der Waals surface area contributed by atoms with Crippen LogP contribution in [0.4, 0.5) is 18.9 Å². The van der Waals surface area contributed by atoms with Crippen LogP contribution in [-0.4, -0.2) is 51.8 Å². The summed E-state index contributed by atoms with van der Waals surface area (Å²) in [5.41, 5.74) is -0.881. The molecule has 0 unspecified atom stereocenters. The molecule has 0 radical (unpaired) electrons. The average molecular weight is 470 g/mol. The van der Waals surface area contributed by atoms with E-state index >= 15 is 0 Å². The molecular formula is C20H16Cl2F3N5O. The number of nitrogens with zero attached hydrogens (tertiary/aromatic N) is 5. The molecule has 1 amide bonds. The lowest BCUT2D eigenvalue weighted by Gasteiger charge is -2.36. The summed E-state index contributed by atoms with van der Waals surface area (Å²) in [5, 5.41) is 4.38. The lowest BCUT2D eigenvalue weighted by atomic mass is 10.1. The van der Waals surface area contributed by atoms with Gasteiger partial charge in [0.2, 0.25) is 0 Å². The minimum absolute atomic E-state index is 0.0182. The number of benzene rings is 1. The summed E-state index contributed by atoms with van der Waals surface area (Å²) in [6.45, 7) is 1.39. The van der Waals surface area contributed by atoms with Crippen molar-refractivity contribution < 1.29 is 18.0 Å². The Labute approximate surface area is 185 Å². The molecule has 6 nitrogen and oxygen atoms in total. The van der Waals surface area contributed by atoms with E-state index in [2.05, 4.69) is 10.1 Å². The molecule has 2 aromatic heterocycles. The summed E-state index contributed by atoms with van der Waals surface area (Å²) in [6.07, 6.45) is -3.89. The van der Waals surface area contributed by atoms with Gasteiger partial charge in [-0.05, 0) is 24.3 Å². The van der Waals surface area contributed by atoms with Gasteiger partial charge in [0.1, 0.15) is 5.15 Å². The third-order valence-electron chi connectivity index (χ3n) is 4.95. The molecule has 1 aliphatic heterocycles. The predicted octanol–water partition coefficient (Wildman–Crippen LogP) is 4.56. The molecule has 31 heavy (non-hydrogen) atoms. The quantitative estimate of drug-likeness (QED) is 0.527. The van der Waals surface area contributed by atoms with Crippen LogP contribution in [0.15, 0.2) is 48.7 Å². The fourth-order valence-electron chi connectivity index (χ4n) is 3.50. The summed E-state index contributed by atoms with van der Waals surface area (Å²) >= 11 is 12.0. The normalized spacial score (nSPS) is 14.7. The molecule has 1 aliphatic rings. The van der Waals surface area contributed by atoms with E-state index < -0.39 is 23.3 Å². The Morgan fingerprint density at radius 1 is 0.968 bits per heavy atom. The largest absolute Gasteiger partial charge is 0.434 e. The predicted molar refractivity (Wildman–Crippen MR) is 111 cm³/mol. The highest BCUT2D eigenvalue weighted by molar-refractivity contribution is 6.33. The highest BCUT2D eigenvalue weighted by atomic mass is 35.5. The van der Waals surface area contributed by atoms with Gasteiger partial charge in [-0.1, -0.05) is 41.4 Å². The fourth-order valence-corrected chi connectivity index (χ4v) is 3.91. The van der Waals surface area contributed by atoms with Crippen LogP contribution in [0.25, 0.3) is 5.82 Å². The molecule has 1 saturated heterocycles. The van der Waals surface area contributed by atoms with E-state index in [1.165, 1.54) is 23.1 Å². The number of aromatic nitrogens is 3. The monoisotopic (exact) mass is 469 g/mol. The zero-order chi connectivity index (χ0) is 22.2. The van der Waals surface area contributed by atoms with E-state index in [4.69, 9.17) is 23.2 Å². The molecule has 0 N–H and O–H groups in total. The van der Waals surface area contributed by atoms with Crippen LogP contribution >= 0.6 is 23.2 Å². The Morgan fingerprint density at radius 3 is 2.32 bits per heavy atom. The summed E-state index contributed by atoms with van der Waals surface area (Å²) in [5.74, 6) is -0.859. The number of carbonyl (C=O) groups excluding carboxylic acids is 1. The van der Waals surface area contributed by atoms with Gasteiger partial charge < -0.3 is 9.80 Å². The lowest BCUT2D eigenvalue weighted by Crippen LogP contribution is -2.49. The summed E-state index contributed by atoms with van der Waals surface area (Å²) in [7, 11) is 0. The molecule has 0 bridgehead atoms. The number of piperazine rings is 1. The minimum Gasteiger partial charge on any atom is -0.367 e. The molecule has 1 aromatic carbocycles. The van der Waals surface area contributed by atoms with Gasteiger partial charge in [-0.15, -0.1) is 0 Å². The Kier molecular flexibility index (Phi) is 5.81. The van der Waals surface area contributed by atoms with Gasteiger partial charge in [-0.25, -0.2) is 9.67 Å². The van der Waals surface area contributed by atoms with Crippen molar-refractivity contribution in [3.63, 3.8) is 0 Å². The van der Waals surface area contributed by atoms with Gasteiger partial charge in [0.15, 0.2) is 11.5 Å². The second kappa shape index (κ2) is 8.39. The Bertz CT molecular complexity index is 1110. The highest BCUT2D eigenvalue weighted by Gasteiger charge is 2.42. The number of rotatable bonds is 3. The second-order valence-electron chi connectivity index (χ2n) is 6.87. The molecule has 0 aliphatic carbocycles. The van der Waals surface area contributed by atoms with Crippen LogP contribution in [0.2, 0.25) is 10.2 Å². The molecule has 4 rings (SSSR count). The number of halogens is 5. The zero-order valence-corrected chi connectivity index (χ0v) is 17.5. The maximum absolute atomic E-state index is 13.9. The molecule has 3 aromatic rings. The maximum atomic E-state index is 13.9. The van der Waals surface area contributed by atoms with Crippen LogP contribution in [0.1, 0.15) is 16.1 Å². The van der Waals surface area contributed by atoms with Crippen molar-refractivity contribution in [1.29, 1.82) is 0 Å². The smallest absolute Gasteiger partial charge is 0.367 e. The number of amides is 1. The number of hydrogen-bond donors (Lipinski definition) is 0. The molecule has 1 fully saturated rings. The summed E-state index contributed by atoms with van der Waals surface area (Å²) in [4.78, 5) is 20.2. The van der Waals surface area contributed by atoms with Crippen molar-refractivity contribution in [2.75, 3.05) is 31.1 Å². The van der Waals surface area contributed by atoms with E-state index in [1.807, 2.05) is 23.1 Å². The zero-order valence-electron chi connectivity index (χ0n) is 16.0. The number of alkyl halides is 3. The summed E-state index contributed by atoms with van der Waals surface area (Å²) in [6, 6.07) is 11.5. The highest BCUT2D eigenvalue weighted by Crippen LogP contribution is 2.34. The van der Waals surface area contributed by atoms with Crippen molar-refractivity contribution in [1.82, 2.24) is 19.7 Å². The third kappa shape index (κ3) is 4.33. The summed E-state index contributed by atoms with van der Waals surface area (Å²) < 4.78 is 42.2. The fraction of sp³-hybridized carbons (Fsp3) is 0.250. The number of anilines is 1. The SMILES string of the molecule is O=C(c1cnn(-c2cccc(Cl)n2)c1C(F)(F)F)N1CCN(c2ccccc2Cl)CC1. The third-order valence-corrected chi connectivity index (χ3v) is 5.48. The van der Waals surface area contributed by atoms with E-state index in [0.29, 0.717) is 22.8 Å². The molecule has 0 saturated carbocycles. The first kappa shape index (κ1) is 21.5. The number of carbonyl (C=O) groups is 1. The Morgan fingerprint density at radius 2 is 1.68 bits per heavy atom. The minimum atomic E-state index is -4.81. The first-order chi connectivity index (χ1) is 14.8. The molecule has 0 spiro atoms. The number of hydrogen-bond acceptors (Lipinski definition) is 4. The van der Waals surface area contributed by atoms with Gasteiger partial charge in [0.25, 0.3) is 5.91 Å². The van der Waals surface area contributed by atoms with Gasteiger partial charge >= 0.3 is 6.18 Å². The van der Waals surface area contributed by atoms with Crippen molar-refractivity contribution in [2.24, 2.45) is 0 Å². The van der Waals surface area contributed by atoms with E-state index in [9.17, 15) is 18.0 Å². The van der Waals surface area contributed by atoms with Crippen LogP contribution in [0.5, 0.6) is 0 Å². The Hall–Kier alpha value is -2.78. The topological polar surface area (TPSA) is 54.3 Å². The maximum Gasteiger partial charge on any atom is 0.434 e. The molecule has 162 valence electrons. The average Bonchev–Trinajstić information content (AvgIpc) is 3.20. The van der Waals surface area contributed by atoms with E-state index in [1.54, 1.807) is 6.07 Å². The van der Waals surface area contributed by atoms with Crippen molar-refractivity contribution >= 4 is 34.8 Å². The molecule has 0 atom stereocenters. The van der Waals surface area contributed by atoms with Gasteiger partial charge in [-0.3, -0.25) is 4.79 Å². The van der Waals surface area contributed by atoms with Gasteiger partial charge in [0, 0.05) is 26.2 Å². The van der Waals surface area contributed by atoms with Crippen LogP contribution < -0.4 is 4.90 Å². The van der Waals surface area contributed by atoms with Gasteiger partial charge in [0.05, 0.1) is 22.5 Å². The Balaban J connectivity index is 1.59. The van der Waals surface area contributed by atoms with Crippen molar-refractivity contribution in [2.45, 2.75) is 6.18 Å². The molecule has 11 heteroatoms. The standard InChI is InChI=1S/C20H16Cl2F3N5O/c21-14-4-1-2-5-15(14)28-8-10-29(11-9-28)19(31)13-12-26-30(18(13)20(23,24)25)17-7-3-6-16(22)27-17/h1-7,12H,8-11H2. The first-order valence-electron chi connectivity index (χ1n) is 9.32. The van der Waals surface area contributed by atoms with E-state index in [-0.39, 0.29) is 24.1 Å². The van der Waals surface area contributed by atoms with Crippen molar-refractivity contribution in [3.05, 3.63) is 70.1 Å². The number of para-hydroxylation sites is 1. The van der Waals surface area contributed by atoms with Crippen LogP contribution in [0, 0.1) is 0 Å². The molecular weight excluding hydrogens is 454 g/mol. The van der Waals surface area contributed by atoms with Crippen LogP contribution in [-0.2, 0) is 6.18 Å². The first-order valence-corrected chi connectivity index (χ1v) is 10.1. The van der Waals surface area contributed by atoms with Crippen LogP contribution in [0.3, 0.4) is 0 Å². The number of pyridine rings is 1. The van der Waals surface area contributed by atoms with Crippen molar-refractivity contribution in [3.8, 4) is 5.82 Å². The lowest BCUT2D eigenvalue weighted by molar-refractivity contribution is -0.143.